The van der Waals surface area contributed by atoms with Crippen molar-refractivity contribution in [1.29, 1.82) is 0 Å². The first-order valence-electron chi connectivity index (χ1n) is 8.17. The zero-order chi connectivity index (χ0) is 17.4. The zero-order valence-electron chi connectivity index (χ0n) is 14.2. The number of hydrogen-bond donors (Lipinski definition) is 2. The number of imide groups is 1. The minimum Gasteiger partial charge on any atom is -0.338 e. The molecule has 1 aromatic heterocycles. The van der Waals surface area contributed by atoms with E-state index in [9.17, 15) is 9.59 Å². The minimum absolute atomic E-state index is 0.0955. The zero-order valence-corrected chi connectivity index (χ0v) is 14.2. The molecule has 1 heterocycles. The van der Waals surface area contributed by atoms with Gasteiger partial charge in [0.1, 0.15) is 0 Å². The molecule has 1 aromatic carbocycles. The second-order valence-corrected chi connectivity index (χ2v) is 6.12. The van der Waals surface area contributed by atoms with Crippen LogP contribution in [0.5, 0.6) is 0 Å². The SMILES string of the molecule is CC(C)CCNC(=O)NC(=O)C[n+]1cccc(-c2ccccc2)c1. The number of rotatable bonds is 6. The van der Waals surface area contributed by atoms with E-state index in [2.05, 4.69) is 24.5 Å². The summed E-state index contributed by atoms with van der Waals surface area (Å²) in [6, 6.07) is 13.4. The smallest absolute Gasteiger partial charge is 0.321 e. The lowest BCUT2D eigenvalue weighted by Crippen LogP contribution is -2.47. The Balaban J connectivity index is 1.89. The van der Waals surface area contributed by atoms with Gasteiger partial charge in [0, 0.05) is 18.2 Å². The van der Waals surface area contributed by atoms with Crippen molar-refractivity contribution in [3.8, 4) is 11.1 Å². The second-order valence-electron chi connectivity index (χ2n) is 6.12. The normalized spacial score (nSPS) is 10.5. The van der Waals surface area contributed by atoms with Crippen molar-refractivity contribution in [2.24, 2.45) is 5.92 Å². The summed E-state index contributed by atoms with van der Waals surface area (Å²) in [6.45, 7) is 4.83. The summed E-state index contributed by atoms with van der Waals surface area (Å²) in [4.78, 5) is 23.6. The lowest BCUT2D eigenvalue weighted by Gasteiger charge is -2.07. The van der Waals surface area contributed by atoms with Gasteiger partial charge < -0.3 is 5.32 Å². The molecule has 0 saturated heterocycles. The molecule has 0 bridgehead atoms. The van der Waals surface area contributed by atoms with Gasteiger partial charge in [0.2, 0.25) is 6.54 Å². The fourth-order valence-electron chi connectivity index (χ4n) is 2.27. The predicted molar refractivity (Wildman–Crippen MR) is 93.1 cm³/mol. The van der Waals surface area contributed by atoms with Crippen molar-refractivity contribution in [3.05, 3.63) is 54.9 Å². The van der Waals surface area contributed by atoms with E-state index in [1.165, 1.54) is 0 Å². The van der Waals surface area contributed by atoms with Crippen molar-refractivity contribution in [2.75, 3.05) is 6.54 Å². The van der Waals surface area contributed by atoms with Crippen molar-refractivity contribution < 1.29 is 14.2 Å². The lowest BCUT2D eigenvalue weighted by molar-refractivity contribution is -0.683. The van der Waals surface area contributed by atoms with E-state index in [1.807, 2.05) is 54.9 Å². The number of pyridine rings is 1. The number of carbonyl (C=O) groups is 2. The van der Waals surface area contributed by atoms with Crippen LogP contribution in [-0.4, -0.2) is 18.5 Å². The number of hydrogen-bond acceptors (Lipinski definition) is 2. The number of aromatic nitrogens is 1. The first-order chi connectivity index (χ1) is 11.5. The number of urea groups is 1. The first kappa shape index (κ1) is 17.7. The van der Waals surface area contributed by atoms with Gasteiger partial charge in [-0.15, -0.1) is 0 Å². The molecule has 126 valence electrons. The molecule has 0 atom stereocenters. The van der Waals surface area contributed by atoms with Crippen molar-refractivity contribution in [1.82, 2.24) is 10.6 Å². The summed E-state index contributed by atoms with van der Waals surface area (Å²) < 4.78 is 1.76. The molecule has 5 nitrogen and oxygen atoms in total. The highest BCUT2D eigenvalue weighted by molar-refractivity contribution is 5.93. The van der Waals surface area contributed by atoms with Crippen molar-refractivity contribution in [3.63, 3.8) is 0 Å². The molecule has 0 aliphatic rings. The molecule has 2 N–H and O–H groups in total. The Bertz CT molecular complexity index is 684. The van der Waals surface area contributed by atoms with Gasteiger partial charge in [-0.1, -0.05) is 44.2 Å². The molecule has 2 aromatic rings. The molecule has 0 spiro atoms. The van der Waals surface area contributed by atoms with Crippen LogP contribution in [0.25, 0.3) is 11.1 Å². The van der Waals surface area contributed by atoms with E-state index in [4.69, 9.17) is 0 Å². The van der Waals surface area contributed by atoms with Crippen LogP contribution in [0.2, 0.25) is 0 Å². The lowest BCUT2D eigenvalue weighted by atomic mass is 10.1. The van der Waals surface area contributed by atoms with Crippen molar-refractivity contribution in [2.45, 2.75) is 26.8 Å². The Morgan fingerprint density at radius 1 is 1.04 bits per heavy atom. The van der Waals surface area contributed by atoms with Gasteiger partial charge >= 0.3 is 6.03 Å². The second kappa shape index (κ2) is 8.82. The Hall–Kier alpha value is -2.69. The van der Waals surface area contributed by atoms with E-state index in [1.54, 1.807) is 4.57 Å². The van der Waals surface area contributed by atoms with Crippen LogP contribution in [0, 0.1) is 5.92 Å². The van der Waals surface area contributed by atoms with E-state index in [0.717, 1.165) is 17.5 Å². The third kappa shape index (κ3) is 5.83. The molecular formula is C19H24N3O2+. The van der Waals surface area contributed by atoms with Gasteiger partial charge in [-0.25, -0.2) is 4.79 Å². The Morgan fingerprint density at radius 3 is 2.46 bits per heavy atom. The molecule has 0 radical (unpaired) electrons. The summed E-state index contributed by atoms with van der Waals surface area (Å²) >= 11 is 0. The van der Waals surface area contributed by atoms with Gasteiger partial charge in [0.25, 0.3) is 5.91 Å². The van der Waals surface area contributed by atoms with Crippen LogP contribution in [0.3, 0.4) is 0 Å². The monoisotopic (exact) mass is 326 g/mol. The minimum atomic E-state index is -0.444. The van der Waals surface area contributed by atoms with Crippen LogP contribution in [0.15, 0.2) is 54.9 Å². The van der Waals surface area contributed by atoms with E-state index < -0.39 is 6.03 Å². The topological polar surface area (TPSA) is 62.1 Å². The first-order valence-corrected chi connectivity index (χ1v) is 8.17. The fraction of sp³-hybridized carbons (Fsp3) is 0.316. The van der Waals surface area contributed by atoms with Crippen molar-refractivity contribution >= 4 is 11.9 Å². The largest absolute Gasteiger partial charge is 0.338 e. The van der Waals surface area contributed by atoms with Crippen LogP contribution in [-0.2, 0) is 11.3 Å². The average molecular weight is 326 g/mol. The van der Waals surface area contributed by atoms with Crippen LogP contribution in [0.1, 0.15) is 20.3 Å². The molecule has 3 amide bonds. The molecule has 2 rings (SSSR count). The van der Waals surface area contributed by atoms with E-state index in [-0.39, 0.29) is 12.5 Å². The molecule has 24 heavy (non-hydrogen) atoms. The standard InChI is InChI=1S/C19H23N3O2/c1-15(2)10-11-20-19(24)21-18(23)14-22-12-6-9-17(13-22)16-7-4-3-5-8-16/h3-9,12-13,15H,10-11,14H2,1-2H3,(H-,20,21,23,24)/p+1. The van der Waals surface area contributed by atoms with Gasteiger partial charge in [0.15, 0.2) is 12.4 Å². The average Bonchev–Trinajstić information content (AvgIpc) is 2.55. The van der Waals surface area contributed by atoms with Crippen LogP contribution in [0.4, 0.5) is 4.79 Å². The maximum absolute atomic E-state index is 12.0. The van der Waals surface area contributed by atoms with Gasteiger partial charge in [-0.2, -0.15) is 4.57 Å². The quantitative estimate of drug-likeness (QED) is 0.801. The summed E-state index contributed by atoms with van der Waals surface area (Å²) in [5.74, 6) is 0.171. The summed E-state index contributed by atoms with van der Waals surface area (Å²) in [5.41, 5.74) is 2.10. The molecule has 0 unspecified atom stereocenters. The maximum atomic E-state index is 12.0. The maximum Gasteiger partial charge on any atom is 0.321 e. The third-order valence-corrected chi connectivity index (χ3v) is 3.55. The summed E-state index contributed by atoms with van der Waals surface area (Å²) in [5, 5.41) is 5.04. The molecular weight excluding hydrogens is 302 g/mol. The molecule has 0 aliphatic heterocycles. The van der Waals surface area contributed by atoms with Gasteiger partial charge in [-0.05, 0) is 24.0 Å². The number of nitrogens with zero attached hydrogens (tertiary/aromatic N) is 1. The highest BCUT2D eigenvalue weighted by Crippen LogP contribution is 2.15. The number of benzene rings is 1. The molecule has 0 saturated carbocycles. The van der Waals surface area contributed by atoms with Crippen LogP contribution < -0.4 is 15.2 Å². The summed E-state index contributed by atoms with van der Waals surface area (Å²) in [6.07, 6.45) is 4.59. The fourth-order valence-corrected chi connectivity index (χ4v) is 2.27. The number of nitrogens with one attached hydrogen (secondary N) is 2. The highest BCUT2D eigenvalue weighted by atomic mass is 16.2. The predicted octanol–water partition coefficient (Wildman–Crippen LogP) is 2.51. The Kier molecular flexibility index (Phi) is 6.49. The molecule has 0 aliphatic carbocycles. The van der Waals surface area contributed by atoms with E-state index in [0.29, 0.717) is 12.5 Å². The Labute approximate surface area is 142 Å². The molecule has 5 heteroatoms. The number of amides is 3. The van der Waals surface area contributed by atoms with E-state index >= 15 is 0 Å². The Morgan fingerprint density at radius 2 is 1.75 bits per heavy atom. The highest BCUT2D eigenvalue weighted by Gasteiger charge is 2.13. The summed E-state index contributed by atoms with van der Waals surface area (Å²) in [7, 11) is 0. The van der Waals surface area contributed by atoms with Gasteiger partial charge in [-0.3, -0.25) is 10.1 Å². The number of carbonyl (C=O) groups excluding carboxylic acids is 2. The van der Waals surface area contributed by atoms with Crippen LogP contribution >= 0.6 is 0 Å². The van der Waals surface area contributed by atoms with Gasteiger partial charge in [0.05, 0.1) is 0 Å². The molecule has 0 fully saturated rings. The third-order valence-electron chi connectivity index (χ3n) is 3.55.